The highest BCUT2D eigenvalue weighted by molar-refractivity contribution is 6.10. The molecule has 0 bridgehead atoms. The number of amides is 2. The van der Waals surface area contributed by atoms with E-state index in [0.29, 0.717) is 24.4 Å². The predicted molar refractivity (Wildman–Crippen MR) is 85.8 cm³/mol. The molecule has 2 N–H and O–H groups in total. The number of rotatable bonds is 5. The molecule has 0 spiro atoms. The monoisotopic (exact) mass is 312 g/mol. The van der Waals surface area contributed by atoms with Gasteiger partial charge in [-0.3, -0.25) is 9.59 Å². The molecule has 3 heterocycles. The third-order valence-corrected chi connectivity index (χ3v) is 4.82. The molecule has 1 saturated carbocycles. The summed E-state index contributed by atoms with van der Waals surface area (Å²) in [6, 6.07) is 1.50. The molecule has 1 atom stereocenters. The van der Waals surface area contributed by atoms with Crippen LogP contribution in [0.4, 0.5) is 0 Å². The first kappa shape index (κ1) is 14.2. The van der Waals surface area contributed by atoms with E-state index in [2.05, 4.69) is 15.3 Å². The molecule has 120 valence electrons. The largest absolute Gasteiger partial charge is 0.354 e. The van der Waals surface area contributed by atoms with E-state index in [0.717, 1.165) is 23.1 Å². The maximum Gasteiger partial charge on any atom is 0.257 e. The summed E-state index contributed by atoms with van der Waals surface area (Å²) in [6.07, 6.45) is 6.43. The van der Waals surface area contributed by atoms with Gasteiger partial charge in [0.05, 0.1) is 5.56 Å². The van der Waals surface area contributed by atoms with E-state index >= 15 is 0 Å². The molecule has 0 saturated heterocycles. The highest BCUT2D eigenvalue weighted by Gasteiger charge is 2.35. The Bertz CT molecular complexity index is 778. The zero-order chi connectivity index (χ0) is 16.0. The summed E-state index contributed by atoms with van der Waals surface area (Å²) in [7, 11) is 0. The molecule has 4 rings (SSSR count). The minimum atomic E-state index is -0.424. The number of H-pyrrole nitrogens is 1. The molecular formula is C17H20N4O2. The van der Waals surface area contributed by atoms with Crippen LogP contribution < -0.4 is 5.32 Å². The standard InChI is InChI=1S/C17H20N4O2/c1-2-13(16(22)20-7-10-3-4-10)21-9-11-5-6-18-15-14(11)12(8-19-15)17(21)23/h5-6,8,10,13H,2-4,7,9H2,1H3,(H,18,19)(H,20,22)/t13-/m1/s1. The maximum atomic E-state index is 12.8. The van der Waals surface area contributed by atoms with Gasteiger partial charge in [0.1, 0.15) is 11.7 Å². The topological polar surface area (TPSA) is 78.1 Å². The molecule has 2 aromatic heterocycles. The lowest BCUT2D eigenvalue weighted by Gasteiger charge is -2.33. The molecule has 0 unspecified atom stereocenters. The Hall–Kier alpha value is -2.37. The van der Waals surface area contributed by atoms with Crippen LogP contribution in [-0.2, 0) is 11.3 Å². The smallest absolute Gasteiger partial charge is 0.257 e. The van der Waals surface area contributed by atoms with E-state index in [9.17, 15) is 9.59 Å². The van der Waals surface area contributed by atoms with Gasteiger partial charge in [-0.1, -0.05) is 6.92 Å². The number of aromatic amines is 1. The Labute approximate surface area is 134 Å². The Morgan fingerprint density at radius 2 is 2.35 bits per heavy atom. The third-order valence-electron chi connectivity index (χ3n) is 4.82. The average Bonchev–Trinajstić information content (AvgIpc) is 3.29. The van der Waals surface area contributed by atoms with Crippen molar-refractivity contribution < 1.29 is 9.59 Å². The van der Waals surface area contributed by atoms with Gasteiger partial charge in [-0.2, -0.15) is 0 Å². The van der Waals surface area contributed by atoms with Crippen molar-refractivity contribution in [1.29, 1.82) is 0 Å². The molecule has 2 aliphatic rings. The summed E-state index contributed by atoms with van der Waals surface area (Å²) >= 11 is 0. The quantitative estimate of drug-likeness (QED) is 0.884. The molecule has 2 amide bonds. The van der Waals surface area contributed by atoms with Gasteiger partial charge in [-0.05, 0) is 36.8 Å². The number of hydrogen-bond acceptors (Lipinski definition) is 3. The van der Waals surface area contributed by atoms with Gasteiger partial charge in [0.25, 0.3) is 5.91 Å². The van der Waals surface area contributed by atoms with E-state index in [-0.39, 0.29) is 11.8 Å². The van der Waals surface area contributed by atoms with Crippen molar-refractivity contribution >= 4 is 22.8 Å². The van der Waals surface area contributed by atoms with Crippen LogP contribution in [-0.4, -0.2) is 39.3 Å². The second-order valence-electron chi connectivity index (χ2n) is 6.44. The van der Waals surface area contributed by atoms with Gasteiger partial charge in [-0.15, -0.1) is 0 Å². The summed E-state index contributed by atoms with van der Waals surface area (Å²) < 4.78 is 0. The third kappa shape index (κ3) is 2.38. The molecule has 1 fully saturated rings. The Kier molecular flexibility index (Phi) is 3.32. The molecule has 1 aliphatic heterocycles. The first-order valence-electron chi connectivity index (χ1n) is 8.22. The molecule has 1 aliphatic carbocycles. The second kappa shape index (κ2) is 5.37. The van der Waals surface area contributed by atoms with E-state index < -0.39 is 6.04 Å². The van der Waals surface area contributed by atoms with Crippen molar-refractivity contribution in [2.24, 2.45) is 5.92 Å². The number of carbonyl (C=O) groups is 2. The van der Waals surface area contributed by atoms with Crippen molar-refractivity contribution in [2.75, 3.05) is 6.54 Å². The van der Waals surface area contributed by atoms with Crippen molar-refractivity contribution in [2.45, 2.75) is 38.8 Å². The van der Waals surface area contributed by atoms with Crippen LogP contribution in [0.15, 0.2) is 18.5 Å². The predicted octanol–water partition coefficient (Wildman–Crippen LogP) is 1.82. The zero-order valence-corrected chi connectivity index (χ0v) is 13.1. The van der Waals surface area contributed by atoms with Crippen LogP contribution in [0.5, 0.6) is 0 Å². The lowest BCUT2D eigenvalue weighted by molar-refractivity contribution is -0.126. The number of pyridine rings is 1. The fourth-order valence-electron chi connectivity index (χ4n) is 3.32. The van der Waals surface area contributed by atoms with Crippen LogP contribution in [0.25, 0.3) is 11.0 Å². The fourth-order valence-corrected chi connectivity index (χ4v) is 3.32. The Balaban J connectivity index is 1.61. The van der Waals surface area contributed by atoms with Crippen molar-refractivity contribution in [3.05, 3.63) is 29.6 Å². The number of aromatic nitrogens is 2. The van der Waals surface area contributed by atoms with E-state index in [1.807, 2.05) is 13.0 Å². The van der Waals surface area contributed by atoms with E-state index in [4.69, 9.17) is 0 Å². The molecular weight excluding hydrogens is 292 g/mol. The van der Waals surface area contributed by atoms with Gasteiger partial charge < -0.3 is 15.2 Å². The van der Waals surface area contributed by atoms with E-state index in [1.54, 1.807) is 17.3 Å². The zero-order valence-electron chi connectivity index (χ0n) is 13.1. The number of hydrogen-bond donors (Lipinski definition) is 2. The molecule has 0 aromatic carbocycles. The lowest BCUT2D eigenvalue weighted by Crippen LogP contribution is -2.50. The maximum absolute atomic E-state index is 12.8. The lowest BCUT2D eigenvalue weighted by atomic mass is 10.00. The second-order valence-corrected chi connectivity index (χ2v) is 6.44. The highest BCUT2D eigenvalue weighted by atomic mass is 16.2. The average molecular weight is 312 g/mol. The summed E-state index contributed by atoms with van der Waals surface area (Å²) in [5, 5.41) is 3.89. The van der Waals surface area contributed by atoms with Gasteiger partial charge in [0.2, 0.25) is 5.91 Å². The normalized spacial score (nSPS) is 18.3. The Morgan fingerprint density at radius 1 is 1.52 bits per heavy atom. The molecule has 23 heavy (non-hydrogen) atoms. The highest BCUT2D eigenvalue weighted by Crippen LogP contribution is 2.30. The fraction of sp³-hybridized carbons (Fsp3) is 0.471. The van der Waals surface area contributed by atoms with Gasteiger partial charge in [0.15, 0.2) is 0 Å². The summed E-state index contributed by atoms with van der Waals surface area (Å²) in [4.78, 5) is 34.3. The van der Waals surface area contributed by atoms with Crippen molar-refractivity contribution in [1.82, 2.24) is 20.2 Å². The van der Waals surface area contributed by atoms with Crippen LogP contribution in [0.3, 0.4) is 0 Å². The van der Waals surface area contributed by atoms with Gasteiger partial charge in [0, 0.05) is 30.9 Å². The number of nitrogens with zero attached hydrogens (tertiary/aromatic N) is 2. The first-order valence-corrected chi connectivity index (χ1v) is 8.22. The summed E-state index contributed by atoms with van der Waals surface area (Å²) in [6.45, 7) is 3.13. The Morgan fingerprint density at radius 3 is 3.09 bits per heavy atom. The van der Waals surface area contributed by atoms with Crippen LogP contribution in [0.2, 0.25) is 0 Å². The molecule has 2 aromatic rings. The van der Waals surface area contributed by atoms with E-state index in [1.165, 1.54) is 12.8 Å². The molecule has 0 radical (unpaired) electrons. The molecule has 6 heteroatoms. The minimum absolute atomic E-state index is 0.0444. The SMILES string of the molecule is CC[C@H](C(=O)NCC1CC1)N1Cc2ccnc3[nH]cc(c23)C1=O. The molecule has 6 nitrogen and oxygen atoms in total. The van der Waals surface area contributed by atoms with Gasteiger partial charge in [-0.25, -0.2) is 4.98 Å². The van der Waals surface area contributed by atoms with Crippen LogP contribution in [0, 0.1) is 5.92 Å². The number of carbonyl (C=O) groups excluding carboxylic acids is 2. The van der Waals surface area contributed by atoms with Crippen molar-refractivity contribution in [3.63, 3.8) is 0 Å². The summed E-state index contributed by atoms with van der Waals surface area (Å²) in [5.74, 6) is 0.492. The van der Waals surface area contributed by atoms with Crippen LogP contribution in [0.1, 0.15) is 42.1 Å². The first-order chi connectivity index (χ1) is 11.2. The minimum Gasteiger partial charge on any atom is -0.354 e. The number of nitrogens with one attached hydrogen (secondary N) is 2. The van der Waals surface area contributed by atoms with Crippen LogP contribution >= 0.6 is 0 Å². The van der Waals surface area contributed by atoms with Crippen molar-refractivity contribution in [3.8, 4) is 0 Å². The van der Waals surface area contributed by atoms with Gasteiger partial charge >= 0.3 is 0 Å². The summed E-state index contributed by atoms with van der Waals surface area (Å²) in [5.41, 5.74) is 2.39.